The minimum Gasteiger partial charge on any atom is -0.493 e. The molecule has 0 bridgehead atoms. The third kappa shape index (κ3) is 7.21. The summed E-state index contributed by atoms with van der Waals surface area (Å²) in [5.74, 6) is 0.0372. The number of aromatic amines is 2. The lowest BCUT2D eigenvalue weighted by Crippen LogP contribution is -2.47. The Morgan fingerprint density at radius 1 is 1.00 bits per heavy atom. The first kappa shape index (κ1) is 31.2. The second kappa shape index (κ2) is 14.6. The van der Waals surface area contributed by atoms with Crippen LogP contribution in [-0.4, -0.2) is 67.8 Å². The van der Waals surface area contributed by atoms with Gasteiger partial charge >= 0.3 is 11.8 Å². The Bertz CT molecular complexity index is 1770. The van der Waals surface area contributed by atoms with Crippen molar-refractivity contribution in [2.24, 2.45) is 0 Å². The number of piperidine rings is 1. The molecule has 1 fully saturated rings. The van der Waals surface area contributed by atoms with Crippen LogP contribution in [0, 0.1) is 0 Å². The number of para-hydroxylation sites is 1. The quantitative estimate of drug-likeness (QED) is 0.153. The molecule has 0 radical (unpaired) electrons. The van der Waals surface area contributed by atoms with Gasteiger partial charge in [0.15, 0.2) is 0 Å². The van der Waals surface area contributed by atoms with Crippen LogP contribution in [0.25, 0.3) is 10.9 Å². The summed E-state index contributed by atoms with van der Waals surface area (Å²) in [4.78, 5) is 36.5. The van der Waals surface area contributed by atoms with Crippen LogP contribution in [0.5, 0.6) is 5.88 Å². The van der Waals surface area contributed by atoms with E-state index in [1.54, 1.807) is 0 Å². The molecule has 1 saturated heterocycles. The molecule has 1 amide bonds. The molecule has 46 heavy (non-hydrogen) atoms. The molecule has 1 unspecified atom stereocenters. The molecule has 6 rings (SSSR count). The van der Waals surface area contributed by atoms with E-state index in [1.165, 1.54) is 4.57 Å². The number of aromatic nitrogens is 3. The summed E-state index contributed by atoms with van der Waals surface area (Å²) >= 11 is 0. The molecule has 9 heteroatoms. The number of nitrogens with one attached hydrogen (secondary N) is 2. The second-order valence-electron chi connectivity index (χ2n) is 12.2. The van der Waals surface area contributed by atoms with Crippen molar-refractivity contribution < 1.29 is 14.6 Å². The van der Waals surface area contributed by atoms with E-state index in [9.17, 15) is 14.7 Å². The van der Waals surface area contributed by atoms with Gasteiger partial charge in [0.2, 0.25) is 5.88 Å². The van der Waals surface area contributed by atoms with E-state index < -0.39 is 0 Å². The largest absolute Gasteiger partial charge is 0.493 e. The third-order valence-corrected chi connectivity index (χ3v) is 9.32. The molecule has 0 aliphatic carbocycles. The SMILES string of the molecule is CCN(C(=O)OCc1ccccc1)C1CCN(CCC(Cn2c(O)c(Cc3c[nH]c4ccccc34)[nH]c2=O)c2ccccc2)CC1. The molecule has 3 N–H and O–H groups in total. The zero-order valence-corrected chi connectivity index (χ0v) is 26.4. The van der Waals surface area contributed by atoms with E-state index in [2.05, 4.69) is 27.0 Å². The number of ether oxygens (including phenoxy) is 1. The number of nitrogens with zero attached hydrogens (tertiary/aromatic N) is 3. The number of imidazole rings is 1. The maximum atomic E-state index is 13.1. The van der Waals surface area contributed by atoms with Gasteiger partial charge in [0.1, 0.15) is 6.61 Å². The van der Waals surface area contributed by atoms with Crippen LogP contribution in [0.1, 0.15) is 54.5 Å². The average molecular weight is 622 g/mol. The van der Waals surface area contributed by atoms with Crippen molar-refractivity contribution in [2.45, 2.75) is 57.7 Å². The Hall–Kier alpha value is -4.76. The van der Waals surface area contributed by atoms with Crippen LogP contribution >= 0.6 is 0 Å². The van der Waals surface area contributed by atoms with Gasteiger partial charge in [-0.3, -0.25) is 4.57 Å². The minimum atomic E-state index is -0.298. The summed E-state index contributed by atoms with van der Waals surface area (Å²) < 4.78 is 7.12. The number of carbonyl (C=O) groups excluding carboxylic acids is 1. The van der Waals surface area contributed by atoms with Crippen molar-refractivity contribution >= 4 is 17.0 Å². The number of H-pyrrole nitrogens is 2. The Labute approximate surface area is 269 Å². The fourth-order valence-electron chi connectivity index (χ4n) is 6.71. The summed E-state index contributed by atoms with van der Waals surface area (Å²) in [6, 6.07) is 28.2. The van der Waals surface area contributed by atoms with Crippen LogP contribution in [0.4, 0.5) is 4.79 Å². The van der Waals surface area contributed by atoms with Gasteiger partial charge in [0.05, 0.1) is 5.69 Å². The van der Waals surface area contributed by atoms with Gasteiger partial charge in [0.25, 0.3) is 0 Å². The van der Waals surface area contributed by atoms with Crippen LogP contribution < -0.4 is 5.69 Å². The van der Waals surface area contributed by atoms with E-state index in [0.717, 1.165) is 66.5 Å². The van der Waals surface area contributed by atoms with Crippen molar-refractivity contribution in [1.82, 2.24) is 24.3 Å². The molecule has 5 aromatic rings. The normalized spacial score (nSPS) is 14.8. The molecule has 3 heterocycles. The van der Waals surface area contributed by atoms with Crippen LogP contribution in [0.2, 0.25) is 0 Å². The van der Waals surface area contributed by atoms with Crippen molar-refractivity contribution in [1.29, 1.82) is 0 Å². The Kier molecular flexibility index (Phi) is 9.88. The number of fused-ring (bicyclic) bond motifs is 1. The molecule has 1 atom stereocenters. The Morgan fingerprint density at radius 3 is 2.43 bits per heavy atom. The molecule has 240 valence electrons. The smallest absolute Gasteiger partial charge is 0.410 e. The predicted octanol–water partition coefficient (Wildman–Crippen LogP) is 6.25. The molecule has 1 aliphatic rings. The lowest BCUT2D eigenvalue weighted by molar-refractivity contribution is 0.0626. The number of carbonyl (C=O) groups is 1. The maximum Gasteiger partial charge on any atom is 0.410 e. The first-order valence-electron chi connectivity index (χ1n) is 16.3. The molecule has 0 saturated carbocycles. The number of aromatic hydroxyl groups is 1. The lowest BCUT2D eigenvalue weighted by Gasteiger charge is -2.38. The van der Waals surface area contributed by atoms with Crippen molar-refractivity contribution in [2.75, 3.05) is 26.2 Å². The standard InChI is InChI=1S/C37H43N5O4/c1-2-41(37(45)46-26-27-11-5-3-6-12-27)31-18-21-40(22-19-31)20-17-29(28-13-7-4-8-14-28)25-42-35(43)34(39-36(42)44)23-30-24-38-33-16-10-9-15-32(30)33/h3-16,24,29,31,38,43H,2,17-23,25-26H2,1H3,(H,39,44). The Morgan fingerprint density at radius 2 is 1.70 bits per heavy atom. The van der Waals surface area contributed by atoms with Gasteiger partial charge in [-0.2, -0.15) is 0 Å². The molecule has 3 aromatic carbocycles. The molecule has 0 spiro atoms. The summed E-state index contributed by atoms with van der Waals surface area (Å²) in [5, 5.41) is 12.3. The van der Waals surface area contributed by atoms with Gasteiger partial charge in [-0.05, 0) is 55.5 Å². The molecule has 2 aromatic heterocycles. The predicted molar refractivity (Wildman–Crippen MR) is 180 cm³/mol. The number of benzene rings is 3. The lowest BCUT2D eigenvalue weighted by atomic mass is 9.94. The third-order valence-electron chi connectivity index (χ3n) is 9.32. The van der Waals surface area contributed by atoms with Crippen LogP contribution in [-0.2, 0) is 24.3 Å². The fraction of sp³-hybridized carbons (Fsp3) is 0.351. The molecular weight excluding hydrogens is 578 g/mol. The number of hydrogen-bond acceptors (Lipinski definition) is 5. The maximum absolute atomic E-state index is 13.1. The monoisotopic (exact) mass is 621 g/mol. The average Bonchev–Trinajstić information content (AvgIpc) is 3.62. The highest BCUT2D eigenvalue weighted by molar-refractivity contribution is 5.83. The van der Waals surface area contributed by atoms with E-state index >= 15 is 0 Å². The van der Waals surface area contributed by atoms with Crippen molar-refractivity contribution in [3.05, 3.63) is 124 Å². The van der Waals surface area contributed by atoms with Crippen LogP contribution in [0.15, 0.2) is 95.9 Å². The first-order chi connectivity index (χ1) is 22.5. The van der Waals surface area contributed by atoms with Gasteiger partial charge in [-0.25, -0.2) is 9.59 Å². The van der Waals surface area contributed by atoms with Gasteiger partial charge in [0, 0.05) is 61.7 Å². The van der Waals surface area contributed by atoms with E-state index in [4.69, 9.17) is 4.74 Å². The van der Waals surface area contributed by atoms with Crippen molar-refractivity contribution in [3.63, 3.8) is 0 Å². The zero-order chi connectivity index (χ0) is 31.9. The summed E-state index contributed by atoms with van der Waals surface area (Å²) in [5.41, 5.74) is 4.39. The van der Waals surface area contributed by atoms with Gasteiger partial charge < -0.3 is 29.6 Å². The number of likely N-dealkylation sites (tertiary alicyclic amines) is 1. The Balaban J connectivity index is 1.07. The number of rotatable bonds is 12. The molecular formula is C37H43N5O4. The summed E-state index contributed by atoms with van der Waals surface area (Å²) in [7, 11) is 0. The van der Waals surface area contributed by atoms with E-state index in [-0.39, 0.29) is 36.2 Å². The molecule has 1 aliphatic heterocycles. The summed E-state index contributed by atoms with van der Waals surface area (Å²) in [6.07, 6.45) is 4.72. The van der Waals surface area contributed by atoms with E-state index in [0.29, 0.717) is 25.2 Å². The minimum absolute atomic E-state index is 0.00386. The van der Waals surface area contributed by atoms with E-state index in [1.807, 2.05) is 90.8 Å². The molecule has 9 nitrogen and oxygen atoms in total. The van der Waals surface area contributed by atoms with Crippen molar-refractivity contribution in [3.8, 4) is 5.88 Å². The highest BCUT2D eigenvalue weighted by Gasteiger charge is 2.29. The summed E-state index contributed by atoms with van der Waals surface area (Å²) in [6.45, 7) is 5.92. The van der Waals surface area contributed by atoms with Gasteiger partial charge in [-0.1, -0.05) is 78.9 Å². The number of amides is 1. The first-order valence-corrected chi connectivity index (χ1v) is 16.3. The zero-order valence-electron chi connectivity index (χ0n) is 26.4. The van der Waals surface area contributed by atoms with Gasteiger partial charge in [-0.15, -0.1) is 0 Å². The number of hydrogen-bond donors (Lipinski definition) is 3. The topological polar surface area (TPSA) is 107 Å². The fourth-order valence-corrected chi connectivity index (χ4v) is 6.71. The highest BCUT2D eigenvalue weighted by Crippen LogP contribution is 2.28. The van der Waals surface area contributed by atoms with Crippen LogP contribution in [0.3, 0.4) is 0 Å². The highest BCUT2D eigenvalue weighted by atomic mass is 16.6. The second-order valence-corrected chi connectivity index (χ2v) is 12.2.